The van der Waals surface area contributed by atoms with Gasteiger partial charge in [-0.3, -0.25) is 0 Å². The van der Waals surface area contributed by atoms with Gasteiger partial charge in [-0.05, 0) is 62.4 Å². The largest absolute Gasteiger partial charge is 0.488 e. The van der Waals surface area contributed by atoms with Crippen molar-refractivity contribution in [1.29, 1.82) is 0 Å². The fourth-order valence-electron chi connectivity index (χ4n) is 3.58. The Bertz CT molecular complexity index is 1050. The number of aryl methyl sites for hydroxylation is 2. The number of benzene rings is 2. The van der Waals surface area contributed by atoms with Gasteiger partial charge in [-0.2, -0.15) is 0 Å². The van der Waals surface area contributed by atoms with Crippen molar-refractivity contribution < 1.29 is 17.9 Å². The second-order valence-electron chi connectivity index (χ2n) is 6.64. The first kappa shape index (κ1) is 16.8. The maximum atomic E-state index is 13.8. The summed E-state index contributed by atoms with van der Waals surface area (Å²) in [6.07, 6.45) is 3.70. The van der Waals surface area contributed by atoms with Crippen LogP contribution in [0.25, 0.3) is 11.0 Å². The van der Waals surface area contributed by atoms with E-state index >= 15 is 0 Å². The summed E-state index contributed by atoms with van der Waals surface area (Å²) in [4.78, 5) is 12.3. The molecule has 1 aliphatic carbocycles. The molecule has 1 aliphatic rings. The summed E-state index contributed by atoms with van der Waals surface area (Å²) < 4.78 is 38.0. The topological polar surface area (TPSA) is 39.4 Å². The zero-order valence-electron chi connectivity index (χ0n) is 14.4. The normalized spacial score (nSPS) is 13.7. The zero-order chi connectivity index (χ0) is 18.3. The summed E-state index contributed by atoms with van der Waals surface area (Å²) in [5.74, 6) is -0.760. The molecule has 3 nitrogen and oxygen atoms in total. The highest BCUT2D eigenvalue weighted by Gasteiger charge is 2.20. The van der Waals surface area contributed by atoms with Gasteiger partial charge >= 0.3 is 5.63 Å². The number of fused-ring (bicyclic) bond motifs is 3. The first-order chi connectivity index (χ1) is 12.5. The Morgan fingerprint density at radius 3 is 2.62 bits per heavy atom. The molecule has 0 saturated carbocycles. The molecule has 0 bridgehead atoms. The Balaban J connectivity index is 1.71. The summed E-state index contributed by atoms with van der Waals surface area (Å²) in [5.41, 5.74) is 3.06. The van der Waals surface area contributed by atoms with Gasteiger partial charge in [0.15, 0.2) is 0 Å². The Kier molecular flexibility index (Phi) is 4.23. The SMILES string of the molecule is Cc1c(OCc2ccc(F)cc2F)ccc2c3c(c(=O)oc12)CCCC3. The van der Waals surface area contributed by atoms with Crippen LogP contribution in [-0.4, -0.2) is 0 Å². The fourth-order valence-corrected chi connectivity index (χ4v) is 3.58. The van der Waals surface area contributed by atoms with Crippen LogP contribution in [-0.2, 0) is 19.4 Å². The van der Waals surface area contributed by atoms with Gasteiger partial charge in [0.1, 0.15) is 29.6 Å². The third kappa shape index (κ3) is 2.87. The molecule has 3 aromatic rings. The highest BCUT2D eigenvalue weighted by atomic mass is 19.1. The number of hydrogen-bond donors (Lipinski definition) is 0. The van der Waals surface area contributed by atoms with E-state index in [1.807, 2.05) is 19.1 Å². The third-order valence-corrected chi connectivity index (χ3v) is 4.99. The highest BCUT2D eigenvalue weighted by molar-refractivity contribution is 5.86. The van der Waals surface area contributed by atoms with E-state index in [4.69, 9.17) is 9.15 Å². The highest BCUT2D eigenvalue weighted by Crippen LogP contribution is 2.32. The van der Waals surface area contributed by atoms with Gasteiger partial charge < -0.3 is 9.15 Å². The molecule has 0 fully saturated rings. The minimum absolute atomic E-state index is 0.0341. The predicted molar refractivity (Wildman–Crippen MR) is 94.6 cm³/mol. The average molecular weight is 356 g/mol. The van der Waals surface area contributed by atoms with Gasteiger partial charge in [-0.25, -0.2) is 13.6 Å². The van der Waals surface area contributed by atoms with E-state index < -0.39 is 11.6 Å². The molecule has 0 unspecified atom stereocenters. The molecule has 0 aliphatic heterocycles. The molecule has 0 saturated heterocycles. The van der Waals surface area contributed by atoms with Gasteiger partial charge in [-0.15, -0.1) is 0 Å². The quantitative estimate of drug-likeness (QED) is 0.631. The van der Waals surface area contributed by atoms with Crippen LogP contribution in [0.15, 0.2) is 39.5 Å². The van der Waals surface area contributed by atoms with Crippen molar-refractivity contribution in [2.24, 2.45) is 0 Å². The van der Waals surface area contributed by atoms with Crippen molar-refractivity contribution in [2.45, 2.75) is 39.2 Å². The van der Waals surface area contributed by atoms with E-state index in [1.54, 1.807) is 0 Å². The smallest absolute Gasteiger partial charge is 0.339 e. The van der Waals surface area contributed by atoms with Crippen molar-refractivity contribution in [3.8, 4) is 5.75 Å². The summed E-state index contributed by atoms with van der Waals surface area (Å²) in [6.45, 7) is 1.78. The second kappa shape index (κ2) is 6.56. The molecule has 4 rings (SSSR count). The van der Waals surface area contributed by atoms with Crippen molar-refractivity contribution in [3.05, 3.63) is 74.6 Å². The molecule has 1 aromatic heterocycles. The maximum Gasteiger partial charge on any atom is 0.339 e. The molecule has 2 aromatic carbocycles. The van der Waals surface area contributed by atoms with E-state index in [0.29, 0.717) is 16.9 Å². The third-order valence-electron chi connectivity index (χ3n) is 4.99. The first-order valence-corrected chi connectivity index (χ1v) is 8.69. The maximum absolute atomic E-state index is 13.8. The molecule has 0 atom stereocenters. The molecule has 134 valence electrons. The number of ether oxygens (including phenoxy) is 1. The Morgan fingerprint density at radius 2 is 1.85 bits per heavy atom. The minimum Gasteiger partial charge on any atom is -0.488 e. The van der Waals surface area contributed by atoms with Gasteiger partial charge in [0.2, 0.25) is 0 Å². The van der Waals surface area contributed by atoms with Crippen LogP contribution in [0.2, 0.25) is 0 Å². The van der Waals surface area contributed by atoms with Crippen LogP contribution in [0.3, 0.4) is 0 Å². The molecule has 0 radical (unpaired) electrons. The molecular weight excluding hydrogens is 338 g/mol. The van der Waals surface area contributed by atoms with E-state index in [9.17, 15) is 13.6 Å². The van der Waals surface area contributed by atoms with E-state index in [0.717, 1.165) is 48.3 Å². The Hall–Kier alpha value is -2.69. The van der Waals surface area contributed by atoms with Crippen LogP contribution >= 0.6 is 0 Å². The average Bonchev–Trinajstić information content (AvgIpc) is 2.63. The molecule has 26 heavy (non-hydrogen) atoms. The van der Waals surface area contributed by atoms with Crippen LogP contribution in [0.4, 0.5) is 8.78 Å². The second-order valence-corrected chi connectivity index (χ2v) is 6.64. The predicted octanol–water partition coefficient (Wildman–Crippen LogP) is 4.84. The van der Waals surface area contributed by atoms with Gasteiger partial charge in [0.25, 0.3) is 0 Å². The molecular formula is C21H18F2O3. The fraction of sp³-hybridized carbons (Fsp3) is 0.286. The summed E-state index contributed by atoms with van der Waals surface area (Å²) >= 11 is 0. The van der Waals surface area contributed by atoms with E-state index in [-0.39, 0.29) is 17.8 Å². The van der Waals surface area contributed by atoms with Gasteiger partial charge in [0, 0.05) is 28.1 Å². The lowest BCUT2D eigenvalue weighted by atomic mass is 9.90. The van der Waals surface area contributed by atoms with Gasteiger partial charge in [0.05, 0.1) is 0 Å². The van der Waals surface area contributed by atoms with Gasteiger partial charge in [-0.1, -0.05) is 0 Å². The van der Waals surface area contributed by atoms with Crippen molar-refractivity contribution in [3.63, 3.8) is 0 Å². The number of rotatable bonds is 3. The van der Waals surface area contributed by atoms with Crippen LogP contribution in [0.1, 0.15) is 35.1 Å². The van der Waals surface area contributed by atoms with Crippen molar-refractivity contribution >= 4 is 11.0 Å². The lowest BCUT2D eigenvalue weighted by Crippen LogP contribution is -2.16. The van der Waals surface area contributed by atoms with Crippen molar-refractivity contribution in [2.75, 3.05) is 0 Å². The molecule has 0 spiro atoms. The number of halogens is 2. The molecule has 0 amide bonds. The Morgan fingerprint density at radius 1 is 1.08 bits per heavy atom. The minimum atomic E-state index is -0.649. The molecule has 5 heteroatoms. The lowest BCUT2D eigenvalue weighted by Gasteiger charge is -2.18. The zero-order valence-corrected chi connectivity index (χ0v) is 14.4. The number of hydrogen-bond acceptors (Lipinski definition) is 3. The summed E-state index contributed by atoms with van der Waals surface area (Å²) in [7, 11) is 0. The van der Waals surface area contributed by atoms with E-state index in [1.165, 1.54) is 12.1 Å². The Labute approximate surface area is 149 Å². The summed E-state index contributed by atoms with van der Waals surface area (Å²) in [5, 5.41) is 0.942. The summed E-state index contributed by atoms with van der Waals surface area (Å²) in [6, 6.07) is 7.09. The lowest BCUT2D eigenvalue weighted by molar-refractivity contribution is 0.297. The van der Waals surface area contributed by atoms with Crippen LogP contribution in [0, 0.1) is 18.6 Å². The molecule has 0 N–H and O–H groups in total. The van der Waals surface area contributed by atoms with E-state index in [2.05, 4.69) is 0 Å². The standard InChI is InChI=1S/C21H18F2O3/c1-12-19(25-11-13-6-7-14(22)10-18(13)23)9-8-16-15-4-2-3-5-17(15)21(24)26-20(12)16/h6-10H,2-5,11H2,1H3. The first-order valence-electron chi connectivity index (χ1n) is 8.69. The monoisotopic (exact) mass is 356 g/mol. The molecule has 1 heterocycles. The van der Waals surface area contributed by atoms with Crippen LogP contribution < -0.4 is 10.4 Å². The van der Waals surface area contributed by atoms with Crippen LogP contribution in [0.5, 0.6) is 5.75 Å². The van der Waals surface area contributed by atoms with Crippen molar-refractivity contribution in [1.82, 2.24) is 0 Å².